The standard InChI is InChI=1S/C42H65N3O3/c1-6-7-8-9-10-11-12-13-14-15-16-17-18-19-20-21-22-23-24-27-40(46)44-34-33-43-31-26-32-45-41(47)42(4,5)30-25-35-48-39-36-37(2)28-29-38(39)3/h7-8,10-11,13-14,16-17,19-20,22-23,28-29,36,43H,6,9,12,15,18,21,24-27,30-35H2,1-5H3,(H,44,46)(H,45,47)/b8-7-,11-10-,14-13-,17-16-,20-19-,23-22-. The van der Waals surface area contributed by atoms with Crippen LogP contribution in [0.15, 0.2) is 91.1 Å². The van der Waals surface area contributed by atoms with Crippen molar-refractivity contribution in [2.24, 2.45) is 5.41 Å². The van der Waals surface area contributed by atoms with Crippen LogP contribution in [0.5, 0.6) is 5.75 Å². The largest absolute Gasteiger partial charge is 0.493 e. The predicted octanol–water partition coefficient (Wildman–Crippen LogP) is 9.18. The summed E-state index contributed by atoms with van der Waals surface area (Å²) >= 11 is 0. The highest BCUT2D eigenvalue weighted by molar-refractivity contribution is 5.81. The minimum absolute atomic E-state index is 0.0743. The molecule has 266 valence electrons. The number of carbonyl (C=O) groups excluding carboxylic acids is 2. The first kappa shape index (κ1) is 42.4. The summed E-state index contributed by atoms with van der Waals surface area (Å²) in [5, 5.41) is 9.36. The molecule has 0 atom stereocenters. The van der Waals surface area contributed by atoms with Gasteiger partial charge in [-0.15, -0.1) is 0 Å². The molecule has 3 N–H and O–H groups in total. The van der Waals surface area contributed by atoms with E-state index in [0.717, 1.165) is 82.1 Å². The summed E-state index contributed by atoms with van der Waals surface area (Å²) in [5.74, 6) is 1.07. The zero-order chi connectivity index (χ0) is 35.1. The van der Waals surface area contributed by atoms with E-state index in [4.69, 9.17) is 4.74 Å². The molecule has 0 aliphatic rings. The van der Waals surface area contributed by atoms with Crippen LogP contribution in [0.2, 0.25) is 0 Å². The molecule has 0 fully saturated rings. The molecule has 0 aliphatic carbocycles. The lowest BCUT2D eigenvalue weighted by Crippen LogP contribution is -2.38. The molecule has 0 radical (unpaired) electrons. The lowest BCUT2D eigenvalue weighted by Gasteiger charge is -2.23. The van der Waals surface area contributed by atoms with Crippen molar-refractivity contribution < 1.29 is 14.3 Å². The second-order valence-electron chi connectivity index (χ2n) is 12.8. The number of carbonyl (C=O) groups is 2. The average molecular weight is 660 g/mol. The number of aryl methyl sites for hydroxylation is 2. The monoisotopic (exact) mass is 660 g/mol. The van der Waals surface area contributed by atoms with Crippen molar-refractivity contribution in [1.29, 1.82) is 0 Å². The number of allylic oxidation sites excluding steroid dienone is 12. The Morgan fingerprint density at radius 2 is 1.29 bits per heavy atom. The molecule has 0 saturated heterocycles. The molecule has 48 heavy (non-hydrogen) atoms. The van der Waals surface area contributed by atoms with Crippen LogP contribution < -0.4 is 20.7 Å². The van der Waals surface area contributed by atoms with E-state index in [1.165, 1.54) is 5.56 Å². The van der Waals surface area contributed by atoms with Crippen LogP contribution in [0.1, 0.15) is 103 Å². The zero-order valence-corrected chi connectivity index (χ0v) is 30.7. The molecular weight excluding hydrogens is 594 g/mol. The van der Waals surface area contributed by atoms with Gasteiger partial charge in [0.05, 0.1) is 6.61 Å². The first-order valence-corrected chi connectivity index (χ1v) is 18.1. The van der Waals surface area contributed by atoms with E-state index in [2.05, 4.69) is 121 Å². The van der Waals surface area contributed by atoms with Gasteiger partial charge in [-0.25, -0.2) is 0 Å². The SMILES string of the molecule is CC/C=C\C/C=C\C/C=C\C/C=C\C/C=C\C/C=C\CCC(=O)NCCNCCCNC(=O)C(C)(C)CCCOc1cc(C)ccc1C. The van der Waals surface area contributed by atoms with Gasteiger partial charge in [0.25, 0.3) is 0 Å². The Hall–Kier alpha value is -3.64. The fraction of sp³-hybridized carbons (Fsp3) is 0.524. The van der Waals surface area contributed by atoms with Gasteiger partial charge in [-0.3, -0.25) is 9.59 Å². The maximum atomic E-state index is 12.7. The number of hydrogen-bond acceptors (Lipinski definition) is 4. The Morgan fingerprint density at radius 1 is 0.708 bits per heavy atom. The van der Waals surface area contributed by atoms with Gasteiger partial charge in [-0.1, -0.05) is 106 Å². The molecule has 0 heterocycles. The third kappa shape index (κ3) is 23.6. The molecule has 0 aromatic heterocycles. The van der Waals surface area contributed by atoms with E-state index < -0.39 is 5.41 Å². The second kappa shape index (κ2) is 28.4. The van der Waals surface area contributed by atoms with Crippen molar-refractivity contribution in [2.75, 3.05) is 32.8 Å². The van der Waals surface area contributed by atoms with E-state index in [-0.39, 0.29) is 11.8 Å². The van der Waals surface area contributed by atoms with Crippen molar-refractivity contribution in [2.45, 2.75) is 105 Å². The van der Waals surface area contributed by atoms with E-state index >= 15 is 0 Å². The number of rotatable bonds is 27. The van der Waals surface area contributed by atoms with Gasteiger partial charge in [0.2, 0.25) is 11.8 Å². The summed E-state index contributed by atoms with van der Waals surface area (Å²) in [6.07, 6.45) is 35.8. The topological polar surface area (TPSA) is 79.5 Å². The van der Waals surface area contributed by atoms with Gasteiger partial charge in [0.15, 0.2) is 0 Å². The molecule has 6 nitrogen and oxygen atoms in total. The predicted molar refractivity (Wildman–Crippen MR) is 205 cm³/mol. The van der Waals surface area contributed by atoms with Gasteiger partial charge >= 0.3 is 0 Å². The first-order chi connectivity index (χ1) is 23.3. The number of amides is 2. The Kier molecular flexibility index (Phi) is 25.1. The molecule has 2 amide bonds. The summed E-state index contributed by atoms with van der Waals surface area (Å²) in [4.78, 5) is 24.7. The van der Waals surface area contributed by atoms with Crippen molar-refractivity contribution in [3.8, 4) is 5.75 Å². The number of hydrogen-bond donors (Lipinski definition) is 3. The maximum absolute atomic E-state index is 12.7. The van der Waals surface area contributed by atoms with E-state index in [0.29, 0.717) is 32.7 Å². The highest BCUT2D eigenvalue weighted by atomic mass is 16.5. The number of benzene rings is 1. The number of nitrogens with one attached hydrogen (secondary N) is 3. The van der Waals surface area contributed by atoms with Crippen molar-refractivity contribution in [3.05, 3.63) is 102 Å². The Bertz CT molecular complexity index is 1190. The average Bonchev–Trinajstić information content (AvgIpc) is 3.06. The van der Waals surface area contributed by atoms with Crippen molar-refractivity contribution >= 4 is 11.8 Å². The fourth-order valence-electron chi connectivity index (χ4n) is 4.68. The molecule has 0 spiro atoms. The molecule has 1 aromatic carbocycles. The summed E-state index contributed by atoms with van der Waals surface area (Å²) in [6.45, 7) is 13.6. The third-order valence-electron chi connectivity index (χ3n) is 7.74. The zero-order valence-electron chi connectivity index (χ0n) is 30.7. The van der Waals surface area contributed by atoms with Crippen LogP contribution in [0.25, 0.3) is 0 Å². The normalized spacial score (nSPS) is 12.5. The smallest absolute Gasteiger partial charge is 0.225 e. The van der Waals surface area contributed by atoms with E-state index in [1.54, 1.807) is 0 Å². The van der Waals surface area contributed by atoms with Gasteiger partial charge in [-0.05, 0) is 102 Å². The van der Waals surface area contributed by atoms with Crippen molar-refractivity contribution in [1.82, 2.24) is 16.0 Å². The molecule has 0 saturated carbocycles. The number of ether oxygens (including phenoxy) is 1. The van der Waals surface area contributed by atoms with Crippen LogP contribution in [0, 0.1) is 19.3 Å². The molecule has 1 rings (SSSR count). The molecule has 0 aliphatic heterocycles. The van der Waals surface area contributed by atoms with Crippen LogP contribution in [0.3, 0.4) is 0 Å². The molecule has 0 bridgehead atoms. The minimum Gasteiger partial charge on any atom is -0.493 e. The maximum Gasteiger partial charge on any atom is 0.225 e. The van der Waals surface area contributed by atoms with Gasteiger partial charge in [-0.2, -0.15) is 0 Å². The first-order valence-electron chi connectivity index (χ1n) is 18.1. The highest BCUT2D eigenvalue weighted by Gasteiger charge is 2.26. The van der Waals surface area contributed by atoms with Gasteiger partial charge < -0.3 is 20.7 Å². The van der Waals surface area contributed by atoms with Crippen LogP contribution in [0.4, 0.5) is 0 Å². The molecule has 1 aromatic rings. The highest BCUT2D eigenvalue weighted by Crippen LogP contribution is 2.24. The molecule has 6 heteroatoms. The Labute approximate surface area is 293 Å². The fourth-order valence-corrected chi connectivity index (χ4v) is 4.68. The molecule has 0 unspecified atom stereocenters. The summed E-state index contributed by atoms with van der Waals surface area (Å²) in [6, 6.07) is 6.22. The lowest BCUT2D eigenvalue weighted by atomic mass is 9.87. The summed E-state index contributed by atoms with van der Waals surface area (Å²) < 4.78 is 5.94. The molecular formula is C42H65N3O3. The van der Waals surface area contributed by atoms with Crippen LogP contribution >= 0.6 is 0 Å². The van der Waals surface area contributed by atoms with Gasteiger partial charge in [0.1, 0.15) is 5.75 Å². The van der Waals surface area contributed by atoms with Crippen LogP contribution in [-0.2, 0) is 9.59 Å². The Balaban J connectivity index is 1.97. The summed E-state index contributed by atoms with van der Waals surface area (Å²) in [5.41, 5.74) is 1.88. The van der Waals surface area contributed by atoms with Gasteiger partial charge in [0, 0.05) is 31.5 Å². The van der Waals surface area contributed by atoms with Crippen LogP contribution in [-0.4, -0.2) is 44.6 Å². The Morgan fingerprint density at radius 3 is 1.90 bits per heavy atom. The van der Waals surface area contributed by atoms with E-state index in [1.807, 2.05) is 20.8 Å². The minimum atomic E-state index is -0.437. The van der Waals surface area contributed by atoms with E-state index in [9.17, 15) is 9.59 Å². The second-order valence-corrected chi connectivity index (χ2v) is 12.8. The quantitative estimate of drug-likeness (QED) is 0.0650. The lowest BCUT2D eigenvalue weighted by molar-refractivity contribution is -0.129. The third-order valence-corrected chi connectivity index (χ3v) is 7.74. The van der Waals surface area contributed by atoms with Crippen molar-refractivity contribution in [3.63, 3.8) is 0 Å². The summed E-state index contributed by atoms with van der Waals surface area (Å²) in [7, 11) is 0.